The Morgan fingerprint density at radius 3 is 1.48 bits per heavy atom. The van der Waals surface area contributed by atoms with Crippen LogP contribution in [-0.4, -0.2) is 13.1 Å². The summed E-state index contributed by atoms with van der Waals surface area (Å²) in [6, 6.07) is 0. The molecule has 2 heteroatoms. The zero-order valence-electron chi connectivity index (χ0n) is 16.9. The first-order chi connectivity index (χ1) is 12.3. The van der Waals surface area contributed by atoms with Gasteiger partial charge in [-0.15, -0.1) is 0 Å². The van der Waals surface area contributed by atoms with E-state index >= 15 is 0 Å². The summed E-state index contributed by atoms with van der Waals surface area (Å²) in [5, 5.41) is 0. The quantitative estimate of drug-likeness (QED) is 0.145. The van der Waals surface area contributed by atoms with Gasteiger partial charge in [0, 0.05) is 6.42 Å². The van der Waals surface area contributed by atoms with Gasteiger partial charge in [-0.3, -0.25) is 4.79 Å². The van der Waals surface area contributed by atoms with Gasteiger partial charge in [0.05, 0.1) is 7.11 Å². The van der Waals surface area contributed by atoms with Crippen molar-refractivity contribution in [1.29, 1.82) is 0 Å². The molecule has 0 atom stereocenters. The van der Waals surface area contributed by atoms with Crippen LogP contribution in [0.2, 0.25) is 0 Å². The largest absolute Gasteiger partial charge is 0.469 e. The summed E-state index contributed by atoms with van der Waals surface area (Å²) < 4.78 is 4.61. The van der Waals surface area contributed by atoms with E-state index in [0.29, 0.717) is 6.42 Å². The fourth-order valence-electron chi connectivity index (χ4n) is 2.87. The fraction of sp³-hybridized carbons (Fsp3) is 0.783. The number of unbranched alkanes of at least 4 members (excludes halogenated alkanes) is 12. The van der Waals surface area contributed by atoms with Gasteiger partial charge in [0.25, 0.3) is 0 Å². The van der Waals surface area contributed by atoms with Gasteiger partial charge < -0.3 is 4.74 Å². The third-order valence-electron chi connectivity index (χ3n) is 4.54. The monoisotopic (exact) mass is 350 g/mol. The lowest BCUT2D eigenvalue weighted by Gasteiger charge is -2.01. The highest BCUT2D eigenvalue weighted by atomic mass is 16.5. The van der Waals surface area contributed by atoms with Crippen molar-refractivity contribution in [2.24, 2.45) is 0 Å². The van der Waals surface area contributed by atoms with Gasteiger partial charge in [-0.25, -0.2) is 0 Å². The van der Waals surface area contributed by atoms with Gasteiger partial charge in [-0.1, -0.05) is 82.6 Å². The number of hydrogen-bond acceptors (Lipinski definition) is 2. The van der Waals surface area contributed by atoms with E-state index in [1.54, 1.807) is 0 Å². The van der Waals surface area contributed by atoms with Crippen molar-refractivity contribution in [3.63, 3.8) is 0 Å². The van der Waals surface area contributed by atoms with E-state index in [2.05, 4.69) is 36.0 Å². The lowest BCUT2D eigenvalue weighted by Crippen LogP contribution is -1.97. The number of carbonyl (C=O) groups excluding carboxylic acids is 1. The molecule has 25 heavy (non-hydrogen) atoms. The molecule has 0 bridgehead atoms. The Labute approximate surface area is 157 Å². The average molecular weight is 351 g/mol. The fourth-order valence-corrected chi connectivity index (χ4v) is 2.87. The summed E-state index contributed by atoms with van der Waals surface area (Å²) in [5.74, 6) is -0.118. The lowest BCUT2D eigenvalue weighted by atomic mass is 10.1. The van der Waals surface area contributed by atoms with Crippen molar-refractivity contribution in [3.05, 3.63) is 24.3 Å². The topological polar surface area (TPSA) is 26.3 Å². The van der Waals surface area contributed by atoms with E-state index in [1.165, 1.54) is 90.6 Å². The third-order valence-corrected chi connectivity index (χ3v) is 4.54. The second kappa shape index (κ2) is 21.0. The molecular weight excluding hydrogens is 308 g/mol. The molecule has 0 aliphatic heterocycles. The Hall–Kier alpha value is -1.05. The van der Waals surface area contributed by atoms with E-state index in [4.69, 9.17) is 0 Å². The van der Waals surface area contributed by atoms with Crippen molar-refractivity contribution < 1.29 is 9.53 Å². The predicted octanol–water partition coefficient (Wildman–Crippen LogP) is 7.53. The molecule has 0 heterocycles. The molecule has 0 aliphatic rings. The van der Waals surface area contributed by atoms with Crippen molar-refractivity contribution >= 4 is 5.97 Å². The minimum Gasteiger partial charge on any atom is -0.469 e. The van der Waals surface area contributed by atoms with Crippen molar-refractivity contribution in [2.75, 3.05) is 7.11 Å². The molecule has 0 spiro atoms. The van der Waals surface area contributed by atoms with Crippen LogP contribution >= 0.6 is 0 Å². The minimum atomic E-state index is -0.118. The molecule has 0 saturated heterocycles. The van der Waals surface area contributed by atoms with Gasteiger partial charge in [0.15, 0.2) is 0 Å². The van der Waals surface area contributed by atoms with Crippen LogP contribution in [0.15, 0.2) is 24.3 Å². The maximum Gasteiger partial charge on any atom is 0.305 e. The first-order valence-corrected chi connectivity index (χ1v) is 10.7. The molecule has 0 amide bonds. The molecule has 0 aromatic rings. The smallest absolute Gasteiger partial charge is 0.305 e. The van der Waals surface area contributed by atoms with Crippen molar-refractivity contribution in [3.8, 4) is 0 Å². The Kier molecular flexibility index (Phi) is 20.1. The van der Waals surface area contributed by atoms with Crippen molar-refractivity contribution in [2.45, 2.75) is 110 Å². The maximum absolute atomic E-state index is 10.9. The third kappa shape index (κ3) is 20.9. The number of carbonyl (C=O) groups is 1. The summed E-state index contributed by atoms with van der Waals surface area (Å²) in [5.41, 5.74) is 0. The highest BCUT2D eigenvalue weighted by Gasteiger charge is 1.95. The molecule has 0 rings (SSSR count). The van der Waals surface area contributed by atoms with Crippen LogP contribution in [0.3, 0.4) is 0 Å². The number of rotatable bonds is 18. The molecule has 0 aromatic carbocycles. The Morgan fingerprint density at radius 1 is 0.640 bits per heavy atom. The summed E-state index contributed by atoms with van der Waals surface area (Å²) in [7, 11) is 1.44. The Balaban J connectivity index is 3.14. The zero-order valence-corrected chi connectivity index (χ0v) is 16.9. The SMILES string of the molecule is CCCCC/C=C/CCCCCCCCCC/C=C/CCC(=O)OC. The van der Waals surface area contributed by atoms with Crippen LogP contribution in [0, 0.1) is 0 Å². The predicted molar refractivity (Wildman–Crippen MR) is 110 cm³/mol. The van der Waals surface area contributed by atoms with E-state index in [-0.39, 0.29) is 5.97 Å². The van der Waals surface area contributed by atoms with Gasteiger partial charge >= 0.3 is 5.97 Å². The summed E-state index contributed by atoms with van der Waals surface area (Å²) in [6.45, 7) is 2.26. The molecular formula is C23H42O2. The van der Waals surface area contributed by atoms with Gasteiger partial charge in [0.2, 0.25) is 0 Å². The van der Waals surface area contributed by atoms with Crippen LogP contribution in [0.4, 0.5) is 0 Å². The zero-order chi connectivity index (χ0) is 18.4. The highest BCUT2D eigenvalue weighted by molar-refractivity contribution is 5.69. The van der Waals surface area contributed by atoms with Gasteiger partial charge in [0.1, 0.15) is 0 Å². The van der Waals surface area contributed by atoms with E-state index < -0.39 is 0 Å². The minimum absolute atomic E-state index is 0.118. The van der Waals surface area contributed by atoms with Crippen LogP contribution in [0.25, 0.3) is 0 Å². The number of ether oxygens (including phenoxy) is 1. The molecule has 146 valence electrons. The average Bonchev–Trinajstić information content (AvgIpc) is 2.63. The van der Waals surface area contributed by atoms with E-state index in [1.807, 2.05) is 0 Å². The molecule has 0 N–H and O–H groups in total. The number of esters is 1. The second-order valence-electron chi connectivity index (χ2n) is 6.96. The number of allylic oxidation sites excluding steroid dienone is 4. The molecule has 0 radical (unpaired) electrons. The maximum atomic E-state index is 10.9. The first-order valence-electron chi connectivity index (χ1n) is 10.7. The second-order valence-corrected chi connectivity index (χ2v) is 6.96. The lowest BCUT2D eigenvalue weighted by molar-refractivity contribution is -0.140. The van der Waals surface area contributed by atoms with Crippen LogP contribution < -0.4 is 0 Å². The molecule has 2 nitrogen and oxygen atoms in total. The number of methoxy groups -OCH3 is 1. The van der Waals surface area contributed by atoms with E-state index in [0.717, 1.165) is 12.8 Å². The molecule has 0 fully saturated rings. The number of hydrogen-bond donors (Lipinski definition) is 0. The van der Waals surface area contributed by atoms with Crippen LogP contribution in [-0.2, 0) is 9.53 Å². The molecule has 0 aliphatic carbocycles. The van der Waals surface area contributed by atoms with Crippen LogP contribution in [0.5, 0.6) is 0 Å². The van der Waals surface area contributed by atoms with Gasteiger partial charge in [-0.2, -0.15) is 0 Å². The first kappa shape index (κ1) is 23.9. The standard InChI is InChI=1S/C23H42O2/c1-3-4-5-6-7-8-9-10-11-12-13-14-15-16-17-18-19-20-21-22-23(24)25-2/h7-8,19-20H,3-6,9-18,21-22H2,1-2H3/b8-7+,20-19+. The summed E-state index contributed by atoms with van der Waals surface area (Å²) >= 11 is 0. The normalized spacial score (nSPS) is 11.6. The summed E-state index contributed by atoms with van der Waals surface area (Å²) in [4.78, 5) is 10.9. The Bertz CT molecular complexity index is 331. The van der Waals surface area contributed by atoms with Gasteiger partial charge in [-0.05, 0) is 44.9 Å². The summed E-state index contributed by atoms with van der Waals surface area (Å²) in [6.07, 6.45) is 29.0. The highest BCUT2D eigenvalue weighted by Crippen LogP contribution is 2.11. The van der Waals surface area contributed by atoms with E-state index in [9.17, 15) is 4.79 Å². The molecule has 0 unspecified atom stereocenters. The molecule has 0 aromatic heterocycles. The van der Waals surface area contributed by atoms with Crippen LogP contribution in [0.1, 0.15) is 110 Å². The van der Waals surface area contributed by atoms with Crippen molar-refractivity contribution in [1.82, 2.24) is 0 Å². The molecule has 0 saturated carbocycles. The Morgan fingerprint density at radius 2 is 1.04 bits per heavy atom.